The molecule has 0 aliphatic rings. The third kappa shape index (κ3) is 6.71. The van der Waals surface area contributed by atoms with Gasteiger partial charge in [-0.2, -0.15) is 11.8 Å². The summed E-state index contributed by atoms with van der Waals surface area (Å²) in [4.78, 5) is 22.2. The van der Waals surface area contributed by atoms with Crippen molar-refractivity contribution in [2.75, 3.05) is 11.5 Å². The zero-order valence-corrected chi connectivity index (χ0v) is 11.0. The highest BCUT2D eigenvalue weighted by atomic mass is 32.2. The maximum absolute atomic E-state index is 11.6. The zero-order valence-electron chi connectivity index (χ0n) is 10.2. The van der Waals surface area contributed by atoms with Gasteiger partial charge in [-0.25, -0.2) is 0 Å². The third-order valence-corrected chi connectivity index (χ3v) is 3.34. The van der Waals surface area contributed by atoms with Crippen LogP contribution in [-0.4, -0.2) is 34.0 Å². The van der Waals surface area contributed by atoms with Crippen LogP contribution in [0.4, 0.5) is 0 Å². The predicted molar refractivity (Wildman–Crippen MR) is 66.7 cm³/mol. The molecule has 0 fully saturated rings. The Labute approximate surface area is 101 Å². The minimum absolute atomic E-state index is 0.0316. The number of nitrogens with one attached hydrogen (secondary N) is 1. The average Bonchev–Trinajstić information content (AvgIpc) is 2.16. The Balaban J connectivity index is 4.09. The predicted octanol–water partition coefficient (Wildman–Crippen LogP) is 1.89. The molecule has 0 rings (SSSR count). The van der Waals surface area contributed by atoms with E-state index >= 15 is 0 Å². The molecule has 0 heterocycles. The second kappa shape index (κ2) is 7.54. The second-order valence-electron chi connectivity index (χ2n) is 3.98. The lowest BCUT2D eigenvalue weighted by Gasteiger charge is -2.27. The summed E-state index contributed by atoms with van der Waals surface area (Å²) in [7, 11) is 0. The molecular formula is C11H21NO3S. The topological polar surface area (TPSA) is 66.4 Å². The fraction of sp³-hybridized carbons (Fsp3) is 0.818. The summed E-state index contributed by atoms with van der Waals surface area (Å²) in [6.45, 7) is 5.69. The largest absolute Gasteiger partial charge is 0.481 e. The van der Waals surface area contributed by atoms with E-state index in [1.165, 1.54) is 0 Å². The Kier molecular flexibility index (Phi) is 7.21. The molecule has 0 spiro atoms. The van der Waals surface area contributed by atoms with Crippen molar-refractivity contribution in [3.8, 4) is 0 Å². The number of hydrogen-bond donors (Lipinski definition) is 2. The standard InChI is InChI=1S/C11H21NO3S/c1-4-11(3,8-10(14)15)12-9(13)6-7-16-5-2/h4-8H2,1-3H3,(H,12,13)(H,14,15). The number of aliphatic carboxylic acids is 1. The first-order valence-corrected chi connectivity index (χ1v) is 6.69. The molecule has 5 heteroatoms. The van der Waals surface area contributed by atoms with Gasteiger partial charge in [0.2, 0.25) is 5.91 Å². The lowest BCUT2D eigenvalue weighted by molar-refractivity contribution is -0.139. The summed E-state index contributed by atoms with van der Waals surface area (Å²) in [5.74, 6) is 0.835. The van der Waals surface area contributed by atoms with Crippen LogP contribution in [0.5, 0.6) is 0 Å². The number of rotatable bonds is 8. The van der Waals surface area contributed by atoms with Crippen molar-refractivity contribution in [1.82, 2.24) is 5.32 Å². The molecule has 1 unspecified atom stereocenters. The summed E-state index contributed by atoms with van der Waals surface area (Å²) >= 11 is 1.71. The van der Waals surface area contributed by atoms with Crippen LogP contribution in [0.3, 0.4) is 0 Å². The van der Waals surface area contributed by atoms with Gasteiger partial charge in [-0.1, -0.05) is 13.8 Å². The first-order valence-electron chi connectivity index (χ1n) is 5.54. The lowest BCUT2D eigenvalue weighted by Crippen LogP contribution is -2.47. The molecule has 94 valence electrons. The second-order valence-corrected chi connectivity index (χ2v) is 5.37. The molecule has 0 bridgehead atoms. The highest BCUT2D eigenvalue weighted by molar-refractivity contribution is 7.99. The number of hydrogen-bond acceptors (Lipinski definition) is 3. The lowest BCUT2D eigenvalue weighted by atomic mass is 9.94. The fourth-order valence-corrected chi connectivity index (χ4v) is 1.92. The molecular weight excluding hydrogens is 226 g/mol. The van der Waals surface area contributed by atoms with E-state index in [-0.39, 0.29) is 12.3 Å². The zero-order chi connectivity index (χ0) is 12.6. The SMILES string of the molecule is CCSCCC(=O)NC(C)(CC)CC(=O)O. The number of thioether (sulfide) groups is 1. The molecule has 0 aromatic carbocycles. The first kappa shape index (κ1) is 15.3. The minimum atomic E-state index is -0.882. The molecule has 0 saturated heterocycles. The summed E-state index contributed by atoms with van der Waals surface area (Å²) in [6.07, 6.45) is 1.04. The monoisotopic (exact) mass is 247 g/mol. The third-order valence-electron chi connectivity index (χ3n) is 2.44. The van der Waals surface area contributed by atoms with E-state index in [0.717, 1.165) is 11.5 Å². The van der Waals surface area contributed by atoms with Crippen LogP contribution in [0, 0.1) is 0 Å². The molecule has 0 aromatic heterocycles. The van der Waals surface area contributed by atoms with Gasteiger partial charge in [-0.05, 0) is 19.1 Å². The molecule has 0 aliphatic carbocycles. The van der Waals surface area contributed by atoms with Crippen molar-refractivity contribution < 1.29 is 14.7 Å². The maximum atomic E-state index is 11.6. The fourth-order valence-electron chi connectivity index (χ4n) is 1.30. The normalized spacial score (nSPS) is 14.2. The Morgan fingerprint density at radius 2 is 2.00 bits per heavy atom. The van der Waals surface area contributed by atoms with Crippen molar-refractivity contribution in [1.29, 1.82) is 0 Å². The van der Waals surface area contributed by atoms with Crippen molar-refractivity contribution >= 4 is 23.6 Å². The number of carbonyl (C=O) groups excluding carboxylic acids is 1. The van der Waals surface area contributed by atoms with Crippen LogP contribution in [0.15, 0.2) is 0 Å². The number of carboxylic acids is 1. The van der Waals surface area contributed by atoms with Crippen molar-refractivity contribution in [3.63, 3.8) is 0 Å². The van der Waals surface area contributed by atoms with E-state index in [1.54, 1.807) is 18.7 Å². The van der Waals surface area contributed by atoms with Gasteiger partial charge in [0.15, 0.2) is 0 Å². The van der Waals surface area contributed by atoms with Crippen molar-refractivity contribution in [3.05, 3.63) is 0 Å². The Hall–Kier alpha value is -0.710. The Morgan fingerprint density at radius 1 is 1.38 bits per heavy atom. The van der Waals surface area contributed by atoms with E-state index < -0.39 is 11.5 Å². The molecule has 0 aromatic rings. The molecule has 1 amide bonds. The number of amides is 1. The molecule has 2 N–H and O–H groups in total. The average molecular weight is 247 g/mol. The van der Waals surface area contributed by atoms with E-state index in [2.05, 4.69) is 5.32 Å². The molecule has 0 radical (unpaired) electrons. The number of carboxylic acid groups (broad SMARTS) is 1. The van der Waals surface area contributed by atoms with Gasteiger partial charge in [0.1, 0.15) is 0 Å². The van der Waals surface area contributed by atoms with Crippen LogP contribution in [0.25, 0.3) is 0 Å². The number of carbonyl (C=O) groups is 2. The summed E-state index contributed by atoms with van der Waals surface area (Å²) in [5, 5.41) is 11.6. The van der Waals surface area contributed by atoms with Crippen molar-refractivity contribution in [2.45, 2.75) is 45.6 Å². The summed E-state index contributed by atoms with van der Waals surface area (Å²) in [6, 6.07) is 0. The van der Waals surface area contributed by atoms with E-state index in [4.69, 9.17) is 5.11 Å². The summed E-state index contributed by atoms with van der Waals surface area (Å²) < 4.78 is 0. The Morgan fingerprint density at radius 3 is 2.44 bits per heavy atom. The van der Waals surface area contributed by atoms with Crippen LogP contribution >= 0.6 is 11.8 Å². The molecule has 16 heavy (non-hydrogen) atoms. The van der Waals surface area contributed by atoms with Gasteiger partial charge in [-0.3, -0.25) is 9.59 Å². The smallest absolute Gasteiger partial charge is 0.305 e. The highest BCUT2D eigenvalue weighted by Crippen LogP contribution is 2.14. The van der Waals surface area contributed by atoms with Crippen molar-refractivity contribution in [2.24, 2.45) is 0 Å². The van der Waals surface area contributed by atoms with Crippen LogP contribution in [0.1, 0.15) is 40.0 Å². The molecule has 1 atom stereocenters. The van der Waals surface area contributed by atoms with Gasteiger partial charge >= 0.3 is 5.97 Å². The van der Waals surface area contributed by atoms with E-state index in [0.29, 0.717) is 12.8 Å². The molecule has 0 aliphatic heterocycles. The quantitative estimate of drug-likeness (QED) is 0.643. The van der Waals surface area contributed by atoms with Crippen LogP contribution in [-0.2, 0) is 9.59 Å². The van der Waals surface area contributed by atoms with Gasteiger partial charge in [-0.15, -0.1) is 0 Å². The van der Waals surface area contributed by atoms with E-state index in [9.17, 15) is 9.59 Å². The van der Waals surface area contributed by atoms with Crippen LogP contribution < -0.4 is 5.32 Å². The highest BCUT2D eigenvalue weighted by Gasteiger charge is 2.26. The van der Waals surface area contributed by atoms with Crippen LogP contribution in [0.2, 0.25) is 0 Å². The van der Waals surface area contributed by atoms with Gasteiger partial charge in [0.05, 0.1) is 6.42 Å². The van der Waals surface area contributed by atoms with Gasteiger partial charge < -0.3 is 10.4 Å². The maximum Gasteiger partial charge on any atom is 0.305 e. The minimum Gasteiger partial charge on any atom is -0.481 e. The molecule has 0 saturated carbocycles. The molecule has 4 nitrogen and oxygen atoms in total. The van der Waals surface area contributed by atoms with Gasteiger partial charge in [0.25, 0.3) is 0 Å². The van der Waals surface area contributed by atoms with Gasteiger partial charge in [0, 0.05) is 17.7 Å². The first-order chi connectivity index (χ1) is 7.43. The Bertz CT molecular complexity index is 245. The summed E-state index contributed by atoms with van der Waals surface area (Å²) in [5.41, 5.74) is -0.625. The van der Waals surface area contributed by atoms with E-state index in [1.807, 2.05) is 13.8 Å².